The fraction of sp³-hybridized carbons (Fsp3) is 0.800. The molecule has 0 aliphatic heterocycles. The molecule has 0 bridgehead atoms. The highest BCUT2D eigenvalue weighted by molar-refractivity contribution is 5.80. The number of carbonyl (C=O) groups excluding carboxylic acids is 2. The topological polar surface area (TPSA) is 78.6 Å². The van der Waals surface area contributed by atoms with Gasteiger partial charge in [-0.1, -0.05) is 0 Å². The molecule has 0 aromatic rings. The SMILES string of the molecule is COC(=O)C[C@@H](CN)C(=O)OC(C)(C)C. The van der Waals surface area contributed by atoms with Gasteiger partial charge in [0.05, 0.1) is 19.4 Å². The number of ether oxygens (including phenoxy) is 2. The Balaban J connectivity index is 4.29. The Morgan fingerprint density at radius 3 is 2.20 bits per heavy atom. The molecule has 0 radical (unpaired) electrons. The highest BCUT2D eigenvalue weighted by Crippen LogP contribution is 2.13. The number of carbonyl (C=O) groups is 2. The zero-order valence-corrected chi connectivity index (χ0v) is 9.70. The second-order valence-electron chi connectivity index (χ2n) is 4.25. The summed E-state index contributed by atoms with van der Waals surface area (Å²) in [6, 6.07) is 0. The first kappa shape index (κ1) is 13.9. The van der Waals surface area contributed by atoms with Gasteiger partial charge >= 0.3 is 11.9 Å². The predicted molar refractivity (Wildman–Crippen MR) is 55.0 cm³/mol. The lowest BCUT2D eigenvalue weighted by molar-refractivity contribution is -0.162. The summed E-state index contributed by atoms with van der Waals surface area (Å²) in [4.78, 5) is 22.5. The van der Waals surface area contributed by atoms with Crippen molar-refractivity contribution < 1.29 is 19.1 Å². The molecule has 0 amide bonds. The second-order valence-corrected chi connectivity index (χ2v) is 4.25. The maximum absolute atomic E-state index is 11.5. The molecule has 0 saturated carbocycles. The van der Waals surface area contributed by atoms with Crippen LogP contribution in [0.2, 0.25) is 0 Å². The van der Waals surface area contributed by atoms with E-state index in [1.165, 1.54) is 7.11 Å². The van der Waals surface area contributed by atoms with Gasteiger partial charge in [0, 0.05) is 6.54 Å². The third-order valence-electron chi connectivity index (χ3n) is 1.67. The standard InChI is InChI=1S/C10H19NO4/c1-10(2,3)15-9(13)7(6-11)5-8(12)14-4/h7H,5-6,11H2,1-4H3/t7-/m0/s1. The molecule has 0 aromatic heterocycles. The van der Waals surface area contributed by atoms with Crippen molar-refractivity contribution in [3.8, 4) is 0 Å². The van der Waals surface area contributed by atoms with Crippen LogP contribution in [0.15, 0.2) is 0 Å². The van der Waals surface area contributed by atoms with E-state index in [9.17, 15) is 9.59 Å². The zero-order chi connectivity index (χ0) is 12.1. The number of methoxy groups -OCH3 is 1. The number of nitrogens with two attached hydrogens (primary N) is 1. The largest absolute Gasteiger partial charge is 0.469 e. The average Bonchev–Trinajstić information content (AvgIpc) is 2.10. The number of hydrogen-bond acceptors (Lipinski definition) is 5. The predicted octanol–water partition coefficient (Wildman–Crippen LogP) is 0.466. The molecule has 0 fully saturated rings. The molecule has 2 N–H and O–H groups in total. The molecule has 0 rings (SSSR count). The summed E-state index contributed by atoms with van der Waals surface area (Å²) in [5.74, 6) is -1.55. The van der Waals surface area contributed by atoms with Crippen LogP contribution in [0.5, 0.6) is 0 Å². The van der Waals surface area contributed by atoms with Gasteiger partial charge < -0.3 is 15.2 Å². The van der Waals surface area contributed by atoms with Gasteiger partial charge in [0.15, 0.2) is 0 Å². The number of rotatable bonds is 4. The molecule has 0 aliphatic carbocycles. The van der Waals surface area contributed by atoms with Gasteiger partial charge in [-0.15, -0.1) is 0 Å². The van der Waals surface area contributed by atoms with Crippen molar-refractivity contribution >= 4 is 11.9 Å². The minimum absolute atomic E-state index is 0.0398. The van der Waals surface area contributed by atoms with Crippen molar-refractivity contribution in [3.05, 3.63) is 0 Å². The minimum atomic E-state index is -0.628. The van der Waals surface area contributed by atoms with Crippen LogP contribution in [-0.4, -0.2) is 31.2 Å². The molecular formula is C10H19NO4. The third kappa shape index (κ3) is 6.06. The van der Waals surface area contributed by atoms with Crippen LogP contribution >= 0.6 is 0 Å². The lowest BCUT2D eigenvalue weighted by Crippen LogP contribution is -2.33. The fourth-order valence-corrected chi connectivity index (χ4v) is 0.933. The van der Waals surface area contributed by atoms with Crippen LogP contribution in [0.25, 0.3) is 0 Å². The molecule has 5 nitrogen and oxygen atoms in total. The van der Waals surface area contributed by atoms with Gasteiger partial charge in [0.2, 0.25) is 0 Å². The summed E-state index contributed by atoms with van der Waals surface area (Å²) < 4.78 is 9.57. The summed E-state index contributed by atoms with van der Waals surface area (Å²) in [5, 5.41) is 0. The highest BCUT2D eigenvalue weighted by Gasteiger charge is 2.26. The van der Waals surface area contributed by atoms with Crippen LogP contribution in [0.3, 0.4) is 0 Å². The smallest absolute Gasteiger partial charge is 0.311 e. The Hall–Kier alpha value is -1.10. The summed E-state index contributed by atoms with van der Waals surface area (Å²) in [7, 11) is 1.27. The highest BCUT2D eigenvalue weighted by atomic mass is 16.6. The van der Waals surface area contributed by atoms with E-state index in [1.807, 2.05) is 0 Å². The normalized spacial score (nSPS) is 13.1. The van der Waals surface area contributed by atoms with Gasteiger partial charge in [0.25, 0.3) is 0 Å². The van der Waals surface area contributed by atoms with Crippen molar-refractivity contribution in [2.24, 2.45) is 11.7 Å². The molecule has 1 atom stereocenters. The lowest BCUT2D eigenvalue weighted by atomic mass is 10.1. The van der Waals surface area contributed by atoms with Gasteiger partial charge in [-0.2, -0.15) is 0 Å². The monoisotopic (exact) mass is 217 g/mol. The van der Waals surface area contributed by atoms with Gasteiger partial charge in [-0.25, -0.2) is 0 Å². The van der Waals surface area contributed by atoms with E-state index < -0.39 is 23.5 Å². The van der Waals surface area contributed by atoms with Crippen LogP contribution in [0, 0.1) is 5.92 Å². The van der Waals surface area contributed by atoms with Crippen molar-refractivity contribution in [1.29, 1.82) is 0 Å². The van der Waals surface area contributed by atoms with Crippen LogP contribution < -0.4 is 5.73 Å². The second kappa shape index (κ2) is 5.70. The average molecular weight is 217 g/mol. The molecule has 0 aliphatic rings. The number of hydrogen-bond donors (Lipinski definition) is 1. The van der Waals surface area contributed by atoms with Crippen molar-refractivity contribution in [2.45, 2.75) is 32.8 Å². The van der Waals surface area contributed by atoms with E-state index in [2.05, 4.69) is 4.74 Å². The first-order valence-corrected chi connectivity index (χ1v) is 4.80. The summed E-state index contributed by atoms with van der Waals surface area (Å²) in [6.45, 7) is 5.36. The number of esters is 2. The minimum Gasteiger partial charge on any atom is -0.469 e. The maximum Gasteiger partial charge on any atom is 0.311 e. The van der Waals surface area contributed by atoms with Crippen molar-refractivity contribution in [2.75, 3.05) is 13.7 Å². The van der Waals surface area contributed by atoms with E-state index in [0.29, 0.717) is 0 Å². The molecule has 0 saturated heterocycles. The molecule has 0 unspecified atom stereocenters. The Morgan fingerprint density at radius 1 is 1.33 bits per heavy atom. The maximum atomic E-state index is 11.5. The molecule has 5 heteroatoms. The van der Waals surface area contributed by atoms with E-state index >= 15 is 0 Å². The van der Waals surface area contributed by atoms with Crippen LogP contribution in [0.1, 0.15) is 27.2 Å². The summed E-state index contributed by atoms with van der Waals surface area (Å²) in [5.41, 5.74) is 4.82. The lowest BCUT2D eigenvalue weighted by Gasteiger charge is -2.22. The third-order valence-corrected chi connectivity index (χ3v) is 1.67. The van der Waals surface area contributed by atoms with Crippen LogP contribution in [-0.2, 0) is 19.1 Å². The molecule has 88 valence electrons. The van der Waals surface area contributed by atoms with Gasteiger partial charge in [-0.05, 0) is 20.8 Å². The van der Waals surface area contributed by atoms with Gasteiger partial charge in [0.1, 0.15) is 5.60 Å². The van der Waals surface area contributed by atoms with Gasteiger partial charge in [-0.3, -0.25) is 9.59 Å². The first-order valence-electron chi connectivity index (χ1n) is 4.80. The zero-order valence-electron chi connectivity index (χ0n) is 9.70. The fourth-order valence-electron chi connectivity index (χ4n) is 0.933. The first-order chi connectivity index (χ1) is 6.80. The Morgan fingerprint density at radius 2 is 1.87 bits per heavy atom. The molecule has 0 spiro atoms. The van der Waals surface area contributed by atoms with E-state index in [1.54, 1.807) is 20.8 Å². The van der Waals surface area contributed by atoms with Crippen LogP contribution in [0.4, 0.5) is 0 Å². The molecule has 0 aromatic carbocycles. The Labute approximate surface area is 89.9 Å². The molecule has 0 heterocycles. The molecule has 15 heavy (non-hydrogen) atoms. The van der Waals surface area contributed by atoms with E-state index in [-0.39, 0.29) is 13.0 Å². The Bertz CT molecular complexity index is 232. The molecular weight excluding hydrogens is 198 g/mol. The van der Waals surface area contributed by atoms with E-state index in [0.717, 1.165) is 0 Å². The summed E-state index contributed by atoms with van der Waals surface area (Å²) in [6.07, 6.45) is -0.0398. The quantitative estimate of drug-likeness (QED) is 0.692. The summed E-state index contributed by atoms with van der Waals surface area (Å²) >= 11 is 0. The Kier molecular flexibility index (Phi) is 5.28. The van der Waals surface area contributed by atoms with E-state index in [4.69, 9.17) is 10.5 Å². The van der Waals surface area contributed by atoms with Crippen molar-refractivity contribution in [3.63, 3.8) is 0 Å². The van der Waals surface area contributed by atoms with Crippen molar-refractivity contribution in [1.82, 2.24) is 0 Å².